The summed E-state index contributed by atoms with van der Waals surface area (Å²) in [5.41, 5.74) is 2.28. The highest BCUT2D eigenvalue weighted by Gasteiger charge is 2.36. The zero-order valence-corrected chi connectivity index (χ0v) is 19.9. The van der Waals surface area contributed by atoms with Gasteiger partial charge in [-0.3, -0.25) is 9.78 Å². The van der Waals surface area contributed by atoms with Gasteiger partial charge < -0.3 is 15.2 Å². The van der Waals surface area contributed by atoms with Crippen molar-refractivity contribution in [3.63, 3.8) is 0 Å². The summed E-state index contributed by atoms with van der Waals surface area (Å²) in [6, 6.07) is 17.7. The molecule has 9 heteroatoms. The van der Waals surface area contributed by atoms with E-state index in [1.807, 2.05) is 18.2 Å². The molecule has 0 radical (unpaired) electrons. The molecule has 0 amide bonds. The Labute approximate surface area is 209 Å². The lowest BCUT2D eigenvalue weighted by Crippen LogP contribution is -2.43. The maximum absolute atomic E-state index is 13.7. The van der Waals surface area contributed by atoms with Crippen molar-refractivity contribution in [2.45, 2.75) is 38.2 Å². The smallest absolute Gasteiger partial charge is 0.426 e. The summed E-state index contributed by atoms with van der Waals surface area (Å²) in [6.45, 7) is 0.544. The molecule has 2 N–H and O–H groups in total. The van der Waals surface area contributed by atoms with E-state index in [0.717, 1.165) is 10.9 Å². The van der Waals surface area contributed by atoms with Crippen LogP contribution in [-0.4, -0.2) is 22.1 Å². The van der Waals surface area contributed by atoms with Crippen LogP contribution in [0.25, 0.3) is 22.0 Å². The van der Waals surface area contributed by atoms with Crippen LogP contribution in [0.3, 0.4) is 0 Å². The number of benzene rings is 2. The molecule has 5 rings (SSSR count). The number of halogens is 3. The Morgan fingerprint density at radius 2 is 1.89 bits per heavy atom. The predicted octanol–water partition coefficient (Wildman–Crippen LogP) is 6.51. The second-order valence-corrected chi connectivity index (χ2v) is 9.95. The zero-order chi connectivity index (χ0) is 25.3. The highest BCUT2D eigenvalue weighted by atomic mass is 32.1. The lowest BCUT2D eigenvalue weighted by Gasteiger charge is -2.33. The lowest BCUT2D eigenvalue weighted by atomic mass is 9.80. The minimum Gasteiger partial charge on any atom is -0.486 e. The molecule has 2 aromatic carbocycles. The van der Waals surface area contributed by atoms with Gasteiger partial charge in [-0.1, -0.05) is 42.5 Å². The third-order valence-electron chi connectivity index (χ3n) is 6.39. The van der Waals surface area contributed by atoms with Gasteiger partial charge in [-0.05, 0) is 42.2 Å². The van der Waals surface area contributed by atoms with Crippen LogP contribution in [-0.2, 0) is 24.1 Å². The van der Waals surface area contributed by atoms with E-state index in [1.165, 1.54) is 0 Å². The summed E-state index contributed by atoms with van der Waals surface area (Å²) < 4.78 is 47.1. The highest BCUT2D eigenvalue weighted by Crippen LogP contribution is 2.43. The van der Waals surface area contributed by atoms with Crippen molar-refractivity contribution in [3.05, 3.63) is 82.2 Å². The van der Waals surface area contributed by atoms with E-state index >= 15 is 0 Å². The number of carbonyl (C=O) groups is 1. The Balaban J connectivity index is 1.33. The molecule has 2 heterocycles. The van der Waals surface area contributed by atoms with Crippen molar-refractivity contribution in [2.75, 3.05) is 0 Å². The number of hydrogen-bond acceptors (Lipinski definition) is 5. The minimum absolute atomic E-state index is 0.0114. The van der Waals surface area contributed by atoms with Gasteiger partial charge in [-0.25, -0.2) is 0 Å². The topological polar surface area (TPSA) is 71.5 Å². The van der Waals surface area contributed by atoms with Crippen molar-refractivity contribution in [2.24, 2.45) is 5.92 Å². The average molecular weight is 513 g/mol. The molecule has 1 fully saturated rings. The number of carboxylic acid groups (broad SMARTS) is 1. The largest absolute Gasteiger partial charge is 0.486 e. The average Bonchev–Trinajstić information content (AvgIpc) is 3.28. The fourth-order valence-corrected chi connectivity index (χ4v) is 5.38. The molecule has 0 spiro atoms. The Morgan fingerprint density at radius 1 is 1.11 bits per heavy atom. The van der Waals surface area contributed by atoms with Gasteiger partial charge in [0, 0.05) is 34.6 Å². The first-order valence-electron chi connectivity index (χ1n) is 11.5. The molecule has 0 bridgehead atoms. The first-order chi connectivity index (χ1) is 17.3. The Hall–Kier alpha value is -3.43. The summed E-state index contributed by atoms with van der Waals surface area (Å²) in [4.78, 5) is 15.3. The van der Waals surface area contributed by atoms with E-state index in [9.17, 15) is 18.0 Å². The van der Waals surface area contributed by atoms with Gasteiger partial charge in [0.15, 0.2) is 0 Å². The van der Waals surface area contributed by atoms with Crippen LogP contribution >= 0.6 is 11.3 Å². The maximum Gasteiger partial charge on any atom is 0.426 e. The molecule has 5 nitrogen and oxygen atoms in total. The number of ether oxygens (including phenoxy) is 1. The van der Waals surface area contributed by atoms with E-state index in [0.29, 0.717) is 52.4 Å². The molecule has 1 saturated carbocycles. The molecule has 0 unspecified atom stereocenters. The summed E-state index contributed by atoms with van der Waals surface area (Å²) in [6.07, 6.45) is -1.59. The molecule has 0 saturated heterocycles. The van der Waals surface area contributed by atoms with E-state index in [1.54, 1.807) is 48.7 Å². The monoisotopic (exact) mass is 512 g/mol. The van der Waals surface area contributed by atoms with Crippen LogP contribution in [0.5, 0.6) is 5.75 Å². The van der Waals surface area contributed by atoms with Crippen LogP contribution in [0.4, 0.5) is 13.2 Å². The van der Waals surface area contributed by atoms with Gasteiger partial charge in [0.2, 0.25) is 0 Å². The fraction of sp³-hybridized carbons (Fsp3) is 0.259. The number of pyridine rings is 1. The number of aromatic nitrogens is 1. The molecule has 0 aliphatic heterocycles. The number of hydrogen-bond donors (Lipinski definition) is 2. The number of nitrogens with one attached hydrogen (secondary N) is 1. The number of carboxylic acids is 1. The van der Waals surface area contributed by atoms with Crippen LogP contribution in [0.1, 0.15) is 28.2 Å². The van der Waals surface area contributed by atoms with Crippen LogP contribution < -0.4 is 10.1 Å². The molecule has 0 atom stereocenters. The standard InChI is InChI=1S/C27H23F3N2O3S/c28-27(29,30)25-22(16-5-2-1-3-6-16)13-20(36-25)15-35-23-9-8-17(21-7-4-10-31-24(21)23)14-32-19-11-18(12-19)26(33)34/h1-10,13,18-19,32H,11-12,14-15H2,(H,33,34). The molecule has 2 aromatic heterocycles. The minimum atomic E-state index is -4.46. The number of nitrogens with zero attached hydrogens (tertiary/aromatic N) is 1. The van der Waals surface area contributed by atoms with Crippen molar-refractivity contribution >= 4 is 28.2 Å². The fourth-order valence-electron chi connectivity index (χ4n) is 4.42. The lowest BCUT2D eigenvalue weighted by molar-refractivity contribution is -0.145. The number of thiophene rings is 1. The van der Waals surface area contributed by atoms with E-state index in [2.05, 4.69) is 10.3 Å². The summed E-state index contributed by atoms with van der Waals surface area (Å²) in [5, 5.41) is 13.3. The predicted molar refractivity (Wildman–Crippen MR) is 132 cm³/mol. The number of rotatable bonds is 8. The highest BCUT2D eigenvalue weighted by molar-refractivity contribution is 7.12. The number of fused-ring (bicyclic) bond motifs is 1. The summed E-state index contributed by atoms with van der Waals surface area (Å²) in [5.74, 6) is -0.547. The van der Waals surface area contributed by atoms with Crippen molar-refractivity contribution in [1.29, 1.82) is 0 Å². The zero-order valence-electron chi connectivity index (χ0n) is 19.1. The van der Waals surface area contributed by atoms with Gasteiger partial charge in [0.1, 0.15) is 22.8 Å². The van der Waals surface area contributed by atoms with Gasteiger partial charge in [0.05, 0.1) is 5.92 Å². The van der Waals surface area contributed by atoms with E-state index < -0.39 is 17.0 Å². The second-order valence-electron chi connectivity index (χ2n) is 8.81. The van der Waals surface area contributed by atoms with Crippen molar-refractivity contribution < 1.29 is 27.8 Å². The van der Waals surface area contributed by atoms with Crippen molar-refractivity contribution in [1.82, 2.24) is 10.3 Å². The molecule has 36 heavy (non-hydrogen) atoms. The summed E-state index contributed by atoms with van der Waals surface area (Å²) in [7, 11) is 0. The van der Waals surface area contributed by atoms with Gasteiger partial charge in [0.25, 0.3) is 0 Å². The molecular weight excluding hydrogens is 489 g/mol. The quantitative estimate of drug-likeness (QED) is 0.282. The molecule has 1 aliphatic carbocycles. The first kappa shape index (κ1) is 24.3. The SMILES string of the molecule is O=C(O)C1CC(NCc2ccc(OCc3cc(-c4ccccc4)c(C(F)(F)F)s3)c3ncccc23)C1. The van der Waals surface area contributed by atoms with E-state index in [-0.39, 0.29) is 24.1 Å². The summed E-state index contributed by atoms with van der Waals surface area (Å²) >= 11 is 0.689. The Morgan fingerprint density at radius 3 is 2.61 bits per heavy atom. The first-order valence-corrected chi connectivity index (χ1v) is 12.3. The Bertz CT molecular complexity index is 1380. The normalized spacial score (nSPS) is 17.6. The van der Waals surface area contributed by atoms with Gasteiger partial charge in [-0.15, -0.1) is 11.3 Å². The second kappa shape index (κ2) is 9.91. The third kappa shape index (κ3) is 5.08. The Kier molecular flexibility index (Phi) is 6.68. The molecule has 1 aliphatic rings. The van der Waals surface area contributed by atoms with Crippen molar-refractivity contribution in [3.8, 4) is 16.9 Å². The van der Waals surface area contributed by atoms with E-state index in [4.69, 9.17) is 9.84 Å². The van der Waals surface area contributed by atoms with Crippen LogP contribution in [0, 0.1) is 5.92 Å². The van der Waals surface area contributed by atoms with Crippen LogP contribution in [0.15, 0.2) is 66.9 Å². The van der Waals surface area contributed by atoms with Crippen LogP contribution in [0.2, 0.25) is 0 Å². The van der Waals surface area contributed by atoms with Gasteiger partial charge >= 0.3 is 12.1 Å². The molecule has 186 valence electrons. The molecule has 4 aromatic rings. The molecular formula is C27H23F3N2O3S. The number of alkyl halides is 3. The van der Waals surface area contributed by atoms with Gasteiger partial charge in [-0.2, -0.15) is 13.2 Å². The number of aliphatic carboxylic acids is 1. The third-order valence-corrected chi connectivity index (χ3v) is 7.54. The maximum atomic E-state index is 13.7.